The number of hydrogen-bond donors (Lipinski definition) is 0. The fraction of sp³-hybridized carbons (Fsp3) is 0.500. The van der Waals surface area contributed by atoms with Crippen LogP contribution in [0, 0.1) is 5.82 Å². The number of sulfonamides is 1. The summed E-state index contributed by atoms with van der Waals surface area (Å²) in [6.45, 7) is 1.18. The second kappa shape index (κ2) is 5.60. The van der Waals surface area contributed by atoms with Crippen LogP contribution in [0.5, 0.6) is 0 Å². The summed E-state index contributed by atoms with van der Waals surface area (Å²) < 4.78 is 43.9. The van der Waals surface area contributed by atoms with Gasteiger partial charge in [-0.05, 0) is 18.2 Å². The van der Waals surface area contributed by atoms with Crippen LogP contribution in [-0.2, 0) is 14.8 Å². The number of nitrogens with zero attached hydrogens (tertiary/aromatic N) is 2. The Labute approximate surface area is 128 Å². The molecule has 0 saturated carbocycles. The zero-order chi connectivity index (χ0) is 15.9. The van der Waals surface area contributed by atoms with E-state index in [0.717, 1.165) is 6.26 Å². The molecule has 2 heterocycles. The standard InChI is InChI=1S/C14H17FN2O4S/c1-22(19,20)17-5-6-21-13-9-16(8-12(13)17)14(18)10-3-2-4-11(15)7-10/h2-4,7,12-13H,5-6,8-9H2,1H3. The average Bonchev–Trinajstić information content (AvgIpc) is 2.89. The number of ether oxygens (including phenoxy) is 1. The van der Waals surface area contributed by atoms with Crippen LogP contribution in [0.4, 0.5) is 4.39 Å². The number of benzene rings is 1. The molecule has 3 rings (SSSR count). The predicted molar refractivity (Wildman–Crippen MR) is 77.4 cm³/mol. The third-order valence-electron chi connectivity index (χ3n) is 4.04. The molecule has 0 bridgehead atoms. The van der Waals surface area contributed by atoms with Gasteiger partial charge >= 0.3 is 0 Å². The predicted octanol–water partition coefficient (Wildman–Crippen LogP) is 0.310. The van der Waals surface area contributed by atoms with Crippen molar-refractivity contribution in [1.82, 2.24) is 9.21 Å². The first-order valence-electron chi connectivity index (χ1n) is 6.99. The van der Waals surface area contributed by atoms with E-state index in [1.165, 1.54) is 27.4 Å². The number of hydrogen-bond acceptors (Lipinski definition) is 4. The van der Waals surface area contributed by atoms with E-state index in [-0.39, 0.29) is 30.2 Å². The van der Waals surface area contributed by atoms with Gasteiger partial charge in [0.15, 0.2) is 0 Å². The number of fused-ring (bicyclic) bond motifs is 1. The highest BCUT2D eigenvalue weighted by molar-refractivity contribution is 7.88. The van der Waals surface area contributed by atoms with Gasteiger partial charge in [0.1, 0.15) is 5.82 Å². The molecule has 0 spiro atoms. The van der Waals surface area contributed by atoms with Gasteiger partial charge in [-0.25, -0.2) is 12.8 Å². The fourth-order valence-electron chi connectivity index (χ4n) is 3.04. The van der Waals surface area contributed by atoms with E-state index >= 15 is 0 Å². The van der Waals surface area contributed by atoms with Crippen LogP contribution in [0.15, 0.2) is 24.3 Å². The highest BCUT2D eigenvalue weighted by Gasteiger charge is 2.45. The highest BCUT2D eigenvalue weighted by atomic mass is 32.2. The third kappa shape index (κ3) is 2.86. The van der Waals surface area contributed by atoms with Crippen molar-refractivity contribution < 1.29 is 22.3 Å². The van der Waals surface area contributed by atoms with Gasteiger partial charge < -0.3 is 9.64 Å². The first kappa shape index (κ1) is 15.4. The molecule has 2 unspecified atom stereocenters. The van der Waals surface area contributed by atoms with Crippen molar-refractivity contribution >= 4 is 15.9 Å². The minimum absolute atomic E-state index is 0.254. The van der Waals surface area contributed by atoms with E-state index in [4.69, 9.17) is 4.74 Å². The maximum atomic E-state index is 13.2. The van der Waals surface area contributed by atoms with Gasteiger partial charge in [-0.15, -0.1) is 0 Å². The molecule has 1 aromatic rings. The van der Waals surface area contributed by atoms with E-state index in [2.05, 4.69) is 0 Å². The Hall–Kier alpha value is -1.51. The molecule has 120 valence electrons. The zero-order valence-corrected chi connectivity index (χ0v) is 12.9. The Kier molecular flexibility index (Phi) is 3.92. The minimum atomic E-state index is -3.35. The molecule has 1 amide bonds. The Balaban J connectivity index is 1.80. The van der Waals surface area contributed by atoms with Gasteiger partial charge in [-0.3, -0.25) is 4.79 Å². The molecule has 1 aromatic carbocycles. The maximum absolute atomic E-state index is 13.2. The molecule has 0 aliphatic carbocycles. The minimum Gasteiger partial charge on any atom is -0.373 e. The van der Waals surface area contributed by atoms with Crippen molar-refractivity contribution in [2.45, 2.75) is 12.1 Å². The number of likely N-dealkylation sites (tertiary alicyclic amines) is 1. The molecule has 6 nitrogen and oxygen atoms in total. The van der Waals surface area contributed by atoms with Gasteiger partial charge in [0.25, 0.3) is 5.91 Å². The first-order valence-corrected chi connectivity index (χ1v) is 8.84. The lowest BCUT2D eigenvalue weighted by atomic mass is 10.2. The molecule has 2 aliphatic rings. The average molecular weight is 328 g/mol. The van der Waals surface area contributed by atoms with Gasteiger partial charge in [-0.1, -0.05) is 6.07 Å². The fourth-order valence-corrected chi connectivity index (χ4v) is 4.14. The summed E-state index contributed by atoms with van der Waals surface area (Å²) in [5.74, 6) is -0.789. The van der Waals surface area contributed by atoms with E-state index in [1.807, 2.05) is 0 Å². The van der Waals surface area contributed by atoms with Crippen molar-refractivity contribution in [2.75, 3.05) is 32.5 Å². The first-order chi connectivity index (χ1) is 10.4. The van der Waals surface area contributed by atoms with Crippen LogP contribution in [0.25, 0.3) is 0 Å². The van der Waals surface area contributed by atoms with Gasteiger partial charge in [0.2, 0.25) is 10.0 Å². The molecule has 22 heavy (non-hydrogen) atoms. The van der Waals surface area contributed by atoms with Gasteiger partial charge in [0.05, 0.1) is 25.0 Å². The molecule has 2 atom stereocenters. The summed E-state index contributed by atoms with van der Waals surface area (Å²) in [4.78, 5) is 14.0. The zero-order valence-electron chi connectivity index (χ0n) is 12.1. The second-order valence-electron chi connectivity index (χ2n) is 5.57. The summed E-state index contributed by atoms with van der Waals surface area (Å²) in [5, 5.41) is 0. The number of carbonyl (C=O) groups excluding carboxylic acids is 1. The number of rotatable bonds is 2. The summed E-state index contributed by atoms with van der Waals surface area (Å²) in [6, 6.07) is 5.10. The molecular formula is C14H17FN2O4S. The Morgan fingerprint density at radius 1 is 1.36 bits per heavy atom. The number of morpholine rings is 1. The number of carbonyl (C=O) groups is 1. The van der Waals surface area contributed by atoms with Crippen LogP contribution in [0.3, 0.4) is 0 Å². The number of amides is 1. The van der Waals surface area contributed by atoms with Crippen LogP contribution < -0.4 is 0 Å². The van der Waals surface area contributed by atoms with E-state index in [0.29, 0.717) is 19.7 Å². The molecule has 2 saturated heterocycles. The van der Waals surface area contributed by atoms with Crippen molar-refractivity contribution in [2.24, 2.45) is 0 Å². The van der Waals surface area contributed by atoms with Crippen LogP contribution in [0.1, 0.15) is 10.4 Å². The quantitative estimate of drug-likeness (QED) is 0.784. The van der Waals surface area contributed by atoms with E-state index < -0.39 is 15.8 Å². The summed E-state index contributed by atoms with van der Waals surface area (Å²) in [7, 11) is -3.35. The summed E-state index contributed by atoms with van der Waals surface area (Å²) in [5.41, 5.74) is 0.254. The largest absolute Gasteiger partial charge is 0.373 e. The topological polar surface area (TPSA) is 66.9 Å². The molecular weight excluding hydrogens is 311 g/mol. The lowest BCUT2D eigenvalue weighted by Crippen LogP contribution is -2.52. The van der Waals surface area contributed by atoms with E-state index in [1.54, 1.807) is 6.07 Å². The third-order valence-corrected chi connectivity index (χ3v) is 5.34. The van der Waals surface area contributed by atoms with Crippen molar-refractivity contribution in [3.05, 3.63) is 35.6 Å². The normalized spacial score (nSPS) is 26.0. The van der Waals surface area contributed by atoms with Crippen LogP contribution in [-0.4, -0.2) is 68.2 Å². The SMILES string of the molecule is CS(=O)(=O)N1CCOC2CN(C(=O)c3cccc(F)c3)CC21. The molecule has 2 aliphatic heterocycles. The summed E-state index contributed by atoms with van der Waals surface area (Å²) >= 11 is 0. The van der Waals surface area contributed by atoms with Gasteiger partial charge in [0, 0.05) is 25.2 Å². The Bertz CT molecular complexity index is 694. The van der Waals surface area contributed by atoms with Crippen molar-refractivity contribution in [3.8, 4) is 0 Å². The molecule has 2 fully saturated rings. The molecule has 0 N–H and O–H groups in total. The molecule has 8 heteroatoms. The van der Waals surface area contributed by atoms with Crippen molar-refractivity contribution in [3.63, 3.8) is 0 Å². The monoisotopic (exact) mass is 328 g/mol. The lowest BCUT2D eigenvalue weighted by molar-refractivity contribution is -0.0157. The smallest absolute Gasteiger partial charge is 0.254 e. The Morgan fingerprint density at radius 3 is 2.82 bits per heavy atom. The van der Waals surface area contributed by atoms with Crippen molar-refractivity contribution in [1.29, 1.82) is 0 Å². The van der Waals surface area contributed by atoms with Crippen LogP contribution in [0.2, 0.25) is 0 Å². The van der Waals surface area contributed by atoms with E-state index in [9.17, 15) is 17.6 Å². The second-order valence-corrected chi connectivity index (χ2v) is 7.51. The number of halogens is 1. The highest BCUT2D eigenvalue weighted by Crippen LogP contribution is 2.26. The maximum Gasteiger partial charge on any atom is 0.254 e. The summed E-state index contributed by atoms with van der Waals surface area (Å²) in [6.07, 6.45) is 0.827. The van der Waals surface area contributed by atoms with Gasteiger partial charge in [-0.2, -0.15) is 4.31 Å². The lowest BCUT2D eigenvalue weighted by Gasteiger charge is -2.34. The Morgan fingerprint density at radius 2 is 2.14 bits per heavy atom. The van der Waals surface area contributed by atoms with Crippen LogP contribution >= 0.6 is 0 Å². The molecule has 0 radical (unpaired) electrons. The molecule has 0 aromatic heterocycles.